The Bertz CT molecular complexity index is 638. The maximum atomic E-state index is 11.8. The number of carbonyl (C=O) groups excluding carboxylic acids is 3. The molecule has 0 amide bonds. The van der Waals surface area contributed by atoms with Crippen molar-refractivity contribution in [3.63, 3.8) is 0 Å². The number of phenols is 2. The predicted octanol–water partition coefficient (Wildman–Crippen LogP) is 1.04. The largest absolute Gasteiger partial charge is 0.506 e. The molecule has 0 aliphatic heterocycles. The van der Waals surface area contributed by atoms with E-state index in [1.807, 2.05) is 0 Å². The van der Waals surface area contributed by atoms with E-state index in [0.717, 1.165) is 21.3 Å². The van der Waals surface area contributed by atoms with E-state index in [-0.39, 0.29) is 5.56 Å². The van der Waals surface area contributed by atoms with Crippen LogP contribution in [0.15, 0.2) is 0 Å². The summed E-state index contributed by atoms with van der Waals surface area (Å²) >= 11 is 5.89. The molecule has 0 bridgehead atoms. The maximum absolute atomic E-state index is 11.8. The highest BCUT2D eigenvalue weighted by atomic mass is 35.5. The first-order valence-corrected chi connectivity index (χ1v) is 6.17. The highest BCUT2D eigenvalue weighted by Gasteiger charge is 2.32. The van der Waals surface area contributed by atoms with Crippen molar-refractivity contribution in [2.75, 3.05) is 21.3 Å². The highest BCUT2D eigenvalue weighted by molar-refractivity contribution is 6.34. The van der Waals surface area contributed by atoms with Crippen molar-refractivity contribution in [2.24, 2.45) is 0 Å². The first kappa shape index (κ1) is 17.6. The Hall–Kier alpha value is -2.48. The van der Waals surface area contributed by atoms with Gasteiger partial charge in [0.05, 0.1) is 32.8 Å². The predicted molar refractivity (Wildman–Crippen MR) is 73.2 cm³/mol. The number of ether oxygens (including phenoxy) is 3. The van der Waals surface area contributed by atoms with Crippen LogP contribution in [0.25, 0.3) is 0 Å². The number of phenolic OH excluding ortho intramolecular Hbond substituents is 2. The Labute approximate surface area is 130 Å². The van der Waals surface area contributed by atoms with Crippen molar-refractivity contribution in [3.05, 3.63) is 21.7 Å². The maximum Gasteiger partial charge on any atom is 0.345 e. The van der Waals surface area contributed by atoms with Gasteiger partial charge in [0.2, 0.25) is 0 Å². The number of rotatable bonds is 4. The molecule has 120 valence electrons. The molecule has 0 unspecified atom stereocenters. The fourth-order valence-corrected chi connectivity index (χ4v) is 2.00. The minimum atomic E-state index is -1.12. The van der Waals surface area contributed by atoms with E-state index in [1.165, 1.54) is 0 Å². The van der Waals surface area contributed by atoms with Gasteiger partial charge in [0.25, 0.3) is 0 Å². The minimum absolute atomic E-state index is 0.233. The van der Waals surface area contributed by atoms with E-state index in [4.69, 9.17) is 11.6 Å². The van der Waals surface area contributed by atoms with Crippen LogP contribution in [0, 0.1) is 0 Å². The molecule has 0 atom stereocenters. The summed E-state index contributed by atoms with van der Waals surface area (Å²) in [5, 5.41) is 19.6. The van der Waals surface area contributed by atoms with Gasteiger partial charge in [-0.3, -0.25) is 4.79 Å². The lowest BCUT2D eigenvalue weighted by Gasteiger charge is -2.15. The normalized spacial score (nSPS) is 10.0. The van der Waals surface area contributed by atoms with Crippen molar-refractivity contribution in [2.45, 2.75) is 6.42 Å². The Morgan fingerprint density at radius 2 is 1.41 bits per heavy atom. The number of esters is 3. The second kappa shape index (κ2) is 6.99. The summed E-state index contributed by atoms with van der Waals surface area (Å²) in [5.41, 5.74) is -1.47. The molecule has 0 fully saturated rings. The van der Waals surface area contributed by atoms with Crippen LogP contribution in [0.1, 0.15) is 26.3 Å². The summed E-state index contributed by atoms with van der Waals surface area (Å²) in [7, 11) is 3.15. The first-order valence-electron chi connectivity index (χ1n) is 5.79. The van der Waals surface area contributed by atoms with Crippen LogP contribution in [-0.2, 0) is 25.4 Å². The molecule has 0 aliphatic rings. The van der Waals surface area contributed by atoms with Crippen LogP contribution in [0.3, 0.4) is 0 Å². The average Bonchev–Trinajstić information content (AvgIpc) is 2.51. The Morgan fingerprint density at radius 1 is 0.909 bits per heavy atom. The Kier molecular flexibility index (Phi) is 5.58. The molecule has 2 N–H and O–H groups in total. The molecule has 0 radical (unpaired) electrons. The summed E-state index contributed by atoms with van der Waals surface area (Å²) in [4.78, 5) is 34.8. The van der Waals surface area contributed by atoms with Crippen molar-refractivity contribution in [1.82, 2.24) is 0 Å². The van der Waals surface area contributed by atoms with Crippen LogP contribution < -0.4 is 0 Å². The van der Waals surface area contributed by atoms with Gasteiger partial charge >= 0.3 is 17.9 Å². The van der Waals surface area contributed by atoms with Crippen molar-refractivity contribution >= 4 is 29.5 Å². The lowest BCUT2D eigenvalue weighted by molar-refractivity contribution is -0.139. The molecule has 0 aliphatic carbocycles. The second-order valence-corrected chi connectivity index (χ2v) is 4.35. The third-order valence-electron chi connectivity index (χ3n) is 2.81. The molecule has 8 nitrogen and oxygen atoms in total. The van der Waals surface area contributed by atoms with E-state index < -0.39 is 52.0 Å². The smallest absolute Gasteiger partial charge is 0.345 e. The van der Waals surface area contributed by atoms with Gasteiger partial charge in [0.15, 0.2) is 5.75 Å². The minimum Gasteiger partial charge on any atom is -0.506 e. The molecular formula is C13H13ClO8. The average molecular weight is 333 g/mol. The molecule has 9 heteroatoms. The van der Waals surface area contributed by atoms with Gasteiger partial charge in [-0.05, 0) is 0 Å². The van der Waals surface area contributed by atoms with Gasteiger partial charge in [0, 0.05) is 5.56 Å². The van der Waals surface area contributed by atoms with Crippen LogP contribution in [0.4, 0.5) is 0 Å². The number of halogens is 1. The zero-order valence-corrected chi connectivity index (χ0v) is 12.7. The van der Waals surface area contributed by atoms with Crippen molar-refractivity contribution < 1.29 is 38.8 Å². The third-order valence-corrected chi connectivity index (χ3v) is 3.22. The van der Waals surface area contributed by atoms with E-state index in [1.54, 1.807) is 0 Å². The van der Waals surface area contributed by atoms with Gasteiger partial charge in [-0.2, -0.15) is 0 Å². The molecule has 1 aromatic carbocycles. The summed E-state index contributed by atoms with van der Waals surface area (Å²) in [6, 6.07) is 0. The molecule has 1 aromatic rings. The van der Waals surface area contributed by atoms with E-state index >= 15 is 0 Å². The zero-order valence-electron chi connectivity index (χ0n) is 11.9. The molecule has 1 rings (SSSR count). The number of methoxy groups -OCH3 is 3. The van der Waals surface area contributed by atoms with Crippen LogP contribution in [0.2, 0.25) is 5.02 Å². The SMILES string of the molecule is COC(=O)Cc1c(Cl)c(O)c(C(=O)OC)c(O)c1C(=O)OC. The molecule has 0 aromatic heterocycles. The molecule has 0 saturated carbocycles. The highest BCUT2D eigenvalue weighted by Crippen LogP contribution is 2.42. The quantitative estimate of drug-likeness (QED) is 0.620. The first-order chi connectivity index (χ1) is 10.3. The van der Waals surface area contributed by atoms with Gasteiger partial charge in [-0.1, -0.05) is 11.6 Å². The molecule has 0 spiro atoms. The van der Waals surface area contributed by atoms with Crippen LogP contribution >= 0.6 is 11.6 Å². The van der Waals surface area contributed by atoms with Crippen molar-refractivity contribution in [1.29, 1.82) is 0 Å². The van der Waals surface area contributed by atoms with E-state index in [9.17, 15) is 24.6 Å². The topological polar surface area (TPSA) is 119 Å². The summed E-state index contributed by atoms with van der Waals surface area (Å²) in [6.45, 7) is 0. The Morgan fingerprint density at radius 3 is 1.86 bits per heavy atom. The lowest BCUT2D eigenvalue weighted by Crippen LogP contribution is -2.15. The fourth-order valence-electron chi connectivity index (χ4n) is 1.74. The molecule has 0 saturated heterocycles. The summed E-state index contributed by atoms with van der Waals surface area (Å²) in [6.07, 6.45) is -0.525. The number of hydrogen-bond acceptors (Lipinski definition) is 8. The number of carbonyl (C=O) groups is 3. The third kappa shape index (κ3) is 3.06. The number of benzene rings is 1. The van der Waals surface area contributed by atoms with Crippen LogP contribution in [0.5, 0.6) is 11.5 Å². The van der Waals surface area contributed by atoms with E-state index in [0.29, 0.717) is 0 Å². The monoisotopic (exact) mass is 332 g/mol. The van der Waals surface area contributed by atoms with Gasteiger partial charge in [-0.15, -0.1) is 0 Å². The Balaban J connectivity index is 3.73. The lowest BCUT2D eigenvalue weighted by atomic mass is 9.98. The molecular weight excluding hydrogens is 320 g/mol. The fraction of sp³-hybridized carbons (Fsp3) is 0.308. The summed E-state index contributed by atoms with van der Waals surface area (Å²) < 4.78 is 13.3. The van der Waals surface area contributed by atoms with Gasteiger partial charge < -0.3 is 24.4 Å². The number of aromatic hydroxyl groups is 2. The second-order valence-electron chi connectivity index (χ2n) is 3.98. The van der Waals surface area contributed by atoms with Crippen molar-refractivity contribution in [3.8, 4) is 11.5 Å². The standard InChI is InChI=1S/C13H13ClO8/c1-20-6(15)4-5-7(12(18)21-2)10(16)8(13(19)22-3)11(17)9(5)14/h16-17H,4H2,1-3H3. The molecule has 22 heavy (non-hydrogen) atoms. The van der Waals surface area contributed by atoms with E-state index in [2.05, 4.69) is 14.2 Å². The van der Waals surface area contributed by atoms with Crippen LogP contribution in [-0.4, -0.2) is 49.5 Å². The van der Waals surface area contributed by atoms with Gasteiger partial charge in [0.1, 0.15) is 16.9 Å². The zero-order chi connectivity index (χ0) is 17.0. The van der Waals surface area contributed by atoms with Gasteiger partial charge in [-0.25, -0.2) is 9.59 Å². The molecule has 0 heterocycles. The number of hydrogen-bond donors (Lipinski definition) is 2. The summed E-state index contributed by atoms with van der Waals surface area (Å²) in [5.74, 6) is -4.68.